The van der Waals surface area contributed by atoms with E-state index in [9.17, 15) is 0 Å². The topological polar surface area (TPSA) is 86.2 Å². The Morgan fingerprint density at radius 1 is 1.42 bits per heavy atom. The SMILES string of the molecule is CCOC(C(NN)c1c(C)ccnc1N)C(C)(C)C. The van der Waals surface area contributed by atoms with Crippen molar-refractivity contribution in [1.82, 2.24) is 10.4 Å². The summed E-state index contributed by atoms with van der Waals surface area (Å²) in [6.07, 6.45) is 1.61. The van der Waals surface area contributed by atoms with Gasteiger partial charge in [0.25, 0.3) is 0 Å². The monoisotopic (exact) mass is 266 g/mol. The number of aryl methyl sites for hydroxylation is 1. The van der Waals surface area contributed by atoms with Crippen molar-refractivity contribution < 1.29 is 4.74 Å². The molecule has 108 valence electrons. The maximum Gasteiger partial charge on any atom is 0.128 e. The molecule has 0 aliphatic rings. The number of hydrogen-bond donors (Lipinski definition) is 3. The van der Waals surface area contributed by atoms with Gasteiger partial charge >= 0.3 is 0 Å². The van der Waals surface area contributed by atoms with Gasteiger partial charge in [0.1, 0.15) is 5.82 Å². The van der Waals surface area contributed by atoms with E-state index in [0.29, 0.717) is 12.4 Å². The zero-order chi connectivity index (χ0) is 14.6. The quantitative estimate of drug-likeness (QED) is 0.560. The lowest BCUT2D eigenvalue weighted by Gasteiger charge is -2.37. The molecule has 5 nitrogen and oxygen atoms in total. The number of ether oxygens (including phenoxy) is 1. The minimum atomic E-state index is -0.186. The molecule has 5 N–H and O–H groups in total. The minimum absolute atomic E-state index is 0.0677. The summed E-state index contributed by atoms with van der Waals surface area (Å²) in [6, 6.07) is 1.75. The molecule has 1 aromatic heterocycles. The van der Waals surface area contributed by atoms with Gasteiger partial charge in [0, 0.05) is 18.4 Å². The average Bonchev–Trinajstić information content (AvgIpc) is 2.30. The lowest BCUT2D eigenvalue weighted by atomic mass is 9.81. The number of nitrogen functional groups attached to an aromatic ring is 1. The Labute approximate surface area is 115 Å². The van der Waals surface area contributed by atoms with E-state index in [1.165, 1.54) is 0 Å². The van der Waals surface area contributed by atoms with Gasteiger partial charge in [-0.15, -0.1) is 0 Å². The lowest BCUT2D eigenvalue weighted by molar-refractivity contribution is -0.0367. The summed E-state index contributed by atoms with van der Waals surface area (Å²) < 4.78 is 5.90. The van der Waals surface area contributed by atoms with Gasteiger partial charge in [-0.2, -0.15) is 0 Å². The normalized spacial score (nSPS) is 15.3. The van der Waals surface area contributed by atoms with E-state index in [-0.39, 0.29) is 17.6 Å². The molecule has 2 unspecified atom stereocenters. The van der Waals surface area contributed by atoms with Gasteiger partial charge in [0.15, 0.2) is 0 Å². The van der Waals surface area contributed by atoms with Crippen LogP contribution in [0.3, 0.4) is 0 Å². The second-order valence-corrected chi connectivity index (χ2v) is 5.81. The molecule has 0 saturated heterocycles. The van der Waals surface area contributed by atoms with Crippen LogP contribution in [0.25, 0.3) is 0 Å². The van der Waals surface area contributed by atoms with Crippen LogP contribution in [0.5, 0.6) is 0 Å². The van der Waals surface area contributed by atoms with Gasteiger partial charge in [-0.25, -0.2) is 4.98 Å². The number of nitrogens with one attached hydrogen (secondary N) is 1. The highest BCUT2D eigenvalue weighted by Gasteiger charge is 2.35. The lowest BCUT2D eigenvalue weighted by Crippen LogP contribution is -2.45. The molecule has 0 amide bonds. The third kappa shape index (κ3) is 3.65. The number of aromatic nitrogens is 1. The van der Waals surface area contributed by atoms with Crippen LogP contribution in [0.1, 0.15) is 44.9 Å². The summed E-state index contributed by atoms with van der Waals surface area (Å²) in [5.74, 6) is 6.25. The molecule has 0 fully saturated rings. The van der Waals surface area contributed by atoms with Crippen LogP contribution in [0.4, 0.5) is 5.82 Å². The van der Waals surface area contributed by atoms with E-state index in [2.05, 4.69) is 31.2 Å². The third-order valence-electron chi connectivity index (χ3n) is 3.23. The number of rotatable bonds is 5. The standard InChI is InChI=1S/C14H26N4O/c1-6-19-12(14(3,4)5)11(18-16)10-9(2)7-8-17-13(10)15/h7-8,11-12,18H,6,16H2,1-5H3,(H2,15,17). The summed E-state index contributed by atoms with van der Waals surface area (Å²) in [5.41, 5.74) is 10.8. The predicted octanol–water partition coefficient (Wildman–Crippen LogP) is 1.93. The fraction of sp³-hybridized carbons (Fsp3) is 0.643. The number of nitrogens with zero attached hydrogens (tertiary/aromatic N) is 1. The van der Waals surface area contributed by atoms with E-state index in [1.807, 2.05) is 19.9 Å². The Bertz CT molecular complexity index is 394. The highest BCUT2D eigenvalue weighted by Crippen LogP contribution is 2.35. The van der Waals surface area contributed by atoms with Crippen molar-refractivity contribution in [2.75, 3.05) is 12.3 Å². The molecule has 19 heavy (non-hydrogen) atoms. The predicted molar refractivity (Wildman–Crippen MR) is 78.3 cm³/mol. The summed E-state index contributed by atoms with van der Waals surface area (Å²) in [5, 5.41) is 0. The van der Waals surface area contributed by atoms with Gasteiger partial charge < -0.3 is 10.5 Å². The van der Waals surface area contributed by atoms with Crippen LogP contribution in [-0.2, 0) is 4.74 Å². The molecule has 0 aromatic carbocycles. The van der Waals surface area contributed by atoms with E-state index in [0.717, 1.165) is 11.1 Å². The molecule has 1 aromatic rings. The molecular weight excluding hydrogens is 240 g/mol. The molecular formula is C14H26N4O. The van der Waals surface area contributed by atoms with Crippen molar-refractivity contribution in [2.24, 2.45) is 11.3 Å². The van der Waals surface area contributed by atoms with Crippen molar-refractivity contribution in [3.05, 3.63) is 23.4 Å². The fourth-order valence-electron chi connectivity index (χ4n) is 2.34. The van der Waals surface area contributed by atoms with Crippen LogP contribution in [0, 0.1) is 12.3 Å². The third-order valence-corrected chi connectivity index (χ3v) is 3.23. The summed E-state index contributed by atoms with van der Waals surface area (Å²) >= 11 is 0. The van der Waals surface area contributed by atoms with E-state index in [1.54, 1.807) is 6.20 Å². The van der Waals surface area contributed by atoms with Crippen LogP contribution in [-0.4, -0.2) is 17.7 Å². The molecule has 1 rings (SSSR count). The second-order valence-electron chi connectivity index (χ2n) is 5.81. The van der Waals surface area contributed by atoms with Crippen molar-refractivity contribution in [3.63, 3.8) is 0 Å². The van der Waals surface area contributed by atoms with Crippen molar-refractivity contribution in [3.8, 4) is 0 Å². The van der Waals surface area contributed by atoms with Crippen molar-refractivity contribution in [2.45, 2.75) is 46.8 Å². The summed E-state index contributed by atoms with van der Waals surface area (Å²) in [6.45, 7) is 11.0. The van der Waals surface area contributed by atoms with Crippen LogP contribution >= 0.6 is 0 Å². The molecule has 5 heteroatoms. The van der Waals surface area contributed by atoms with Gasteiger partial charge in [-0.05, 0) is 30.9 Å². The molecule has 0 aliphatic carbocycles. The number of hydrazine groups is 1. The number of pyridine rings is 1. The molecule has 0 spiro atoms. The number of anilines is 1. The van der Waals surface area contributed by atoms with Gasteiger partial charge in [0.2, 0.25) is 0 Å². The Hall–Kier alpha value is -1.17. The van der Waals surface area contributed by atoms with Crippen molar-refractivity contribution in [1.29, 1.82) is 0 Å². The van der Waals surface area contributed by atoms with Crippen LogP contribution < -0.4 is 17.0 Å². The smallest absolute Gasteiger partial charge is 0.128 e. The first kappa shape index (κ1) is 15.9. The van der Waals surface area contributed by atoms with E-state index < -0.39 is 0 Å². The van der Waals surface area contributed by atoms with Crippen molar-refractivity contribution >= 4 is 5.82 Å². The molecule has 0 aliphatic heterocycles. The Morgan fingerprint density at radius 3 is 2.47 bits per heavy atom. The Balaban J connectivity index is 3.24. The highest BCUT2D eigenvalue weighted by molar-refractivity contribution is 5.46. The molecule has 1 heterocycles. The van der Waals surface area contributed by atoms with E-state index in [4.69, 9.17) is 16.3 Å². The van der Waals surface area contributed by atoms with Gasteiger partial charge in [0.05, 0.1) is 12.1 Å². The minimum Gasteiger partial charge on any atom is -0.383 e. The number of nitrogens with two attached hydrogens (primary N) is 2. The van der Waals surface area contributed by atoms with Gasteiger partial charge in [-0.1, -0.05) is 20.8 Å². The average molecular weight is 266 g/mol. The zero-order valence-electron chi connectivity index (χ0n) is 12.5. The Morgan fingerprint density at radius 2 is 2.05 bits per heavy atom. The fourth-order valence-corrected chi connectivity index (χ4v) is 2.34. The summed E-state index contributed by atoms with van der Waals surface area (Å²) in [4.78, 5) is 4.16. The van der Waals surface area contributed by atoms with Gasteiger partial charge in [-0.3, -0.25) is 11.3 Å². The first-order chi connectivity index (χ1) is 8.82. The molecule has 0 bridgehead atoms. The molecule has 0 radical (unpaired) electrons. The molecule has 2 atom stereocenters. The van der Waals surface area contributed by atoms with E-state index >= 15 is 0 Å². The van der Waals surface area contributed by atoms with Crippen LogP contribution in [0.2, 0.25) is 0 Å². The largest absolute Gasteiger partial charge is 0.383 e. The first-order valence-electron chi connectivity index (χ1n) is 6.61. The maximum absolute atomic E-state index is 6.01. The highest BCUT2D eigenvalue weighted by atomic mass is 16.5. The molecule has 0 saturated carbocycles. The Kier molecular flexibility index (Phi) is 5.29. The first-order valence-corrected chi connectivity index (χ1v) is 6.61. The maximum atomic E-state index is 6.01. The second kappa shape index (κ2) is 6.32. The summed E-state index contributed by atoms with van der Waals surface area (Å²) in [7, 11) is 0. The number of hydrogen-bond acceptors (Lipinski definition) is 5. The zero-order valence-corrected chi connectivity index (χ0v) is 12.5. The van der Waals surface area contributed by atoms with Crippen LogP contribution in [0.15, 0.2) is 12.3 Å².